The normalized spacial score (nSPS) is 11.3. The summed E-state index contributed by atoms with van der Waals surface area (Å²) in [4.78, 5) is 12.8. The lowest BCUT2D eigenvalue weighted by Crippen LogP contribution is -2.32. The molecule has 0 aromatic heterocycles. The molecule has 1 rings (SSSR count). The van der Waals surface area contributed by atoms with Gasteiger partial charge in [0, 0.05) is 30.5 Å². The number of benzene rings is 1. The first-order valence-electron chi connectivity index (χ1n) is 6.19. The highest BCUT2D eigenvalue weighted by Gasteiger charge is 2.12. The second-order valence-electron chi connectivity index (χ2n) is 4.18. The quantitative estimate of drug-likeness (QED) is 0.620. The molecule has 0 amide bonds. The molecule has 1 aromatic rings. The highest BCUT2D eigenvalue weighted by Crippen LogP contribution is 2.16. The SMILES string of the molecule is NC(Cc1ccc(N(CCCl)CCCl)cc1)C(=O)O.OCl. The van der Waals surface area contributed by atoms with Crippen molar-refractivity contribution in [2.24, 2.45) is 5.73 Å². The van der Waals surface area contributed by atoms with Crippen molar-refractivity contribution in [1.82, 2.24) is 0 Å². The van der Waals surface area contributed by atoms with Gasteiger partial charge in [0.2, 0.25) is 0 Å². The maximum atomic E-state index is 10.7. The highest BCUT2D eigenvalue weighted by atomic mass is 35.5. The Bertz CT molecular complexity index is 398. The largest absolute Gasteiger partial charge is 0.480 e. The standard InChI is InChI=1S/C13H18Cl2N2O2.ClHO/c14-5-7-17(8-6-15)11-3-1-10(2-4-11)9-12(16)13(18)19;1-2/h1-4,12H,5-9,16H2,(H,18,19);2H. The summed E-state index contributed by atoms with van der Waals surface area (Å²) in [6.07, 6.45) is 0.320. The van der Waals surface area contributed by atoms with Crippen LogP contribution in [0.15, 0.2) is 24.3 Å². The van der Waals surface area contributed by atoms with Gasteiger partial charge < -0.3 is 15.7 Å². The third-order valence-corrected chi connectivity index (χ3v) is 3.12. The van der Waals surface area contributed by atoms with Crippen LogP contribution < -0.4 is 10.6 Å². The maximum Gasteiger partial charge on any atom is 0.320 e. The van der Waals surface area contributed by atoms with E-state index in [-0.39, 0.29) is 0 Å². The molecule has 0 saturated heterocycles. The van der Waals surface area contributed by atoms with Crippen molar-refractivity contribution in [3.63, 3.8) is 0 Å². The van der Waals surface area contributed by atoms with Gasteiger partial charge in [-0.2, -0.15) is 0 Å². The van der Waals surface area contributed by atoms with Gasteiger partial charge in [-0.25, -0.2) is 0 Å². The van der Waals surface area contributed by atoms with Crippen LogP contribution in [0.5, 0.6) is 0 Å². The van der Waals surface area contributed by atoms with Gasteiger partial charge in [-0.15, -0.1) is 23.2 Å². The fourth-order valence-electron chi connectivity index (χ4n) is 1.76. The number of aliphatic carboxylic acids is 1. The minimum atomic E-state index is -0.991. The van der Waals surface area contributed by atoms with Crippen molar-refractivity contribution in [3.8, 4) is 0 Å². The number of alkyl halides is 2. The summed E-state index contributed by atoms with van der Waals surface area (Å²) in [5.74, 6) is 0.0698. The molecule has 8 heteroatoms. The van der Waals surface area contributed by atoms with E-state index >= 15 is 0 Å². The summed E-state index contributed by atoms with van der Waals surface area (Å²) in [5, 5.41) is 8.76. The van der Waals surface area contributed by atoms with Crippen LogP contribution in [-0.2, 0) is 11.2 Å². The monoisotopic (exact) mass is 356 g/mol. The van der Waals surface area contributed by atoms with E-state index in [2.05, 4.69) is 16.8 Å². The average Bonchev–Trinajstić information content (AvgIpc) is 2.50. The Morgan fingerprint density at radius 1 is 1.14 bits per heavy atom. The molecule has 0 bridgehead atoms. The molecular weight excluding hydrogens is 339 g/mol. The van der Waals surface area contributed by atoms with Crippen molar-refractivity contribution in [2.75, 3.05) is 29.7 Å². The van der Waals surface area contributed by atoms with E-state index < -0.39 is 12.0 Å². The van der Waals surface area contributed by atoms with Crippen LogP contribution in [0.4, 0.5) is 5.69 Å². The number of hydrogen-bond donors (Lipinski definition) is 3. The van der Waals surface area contributed by atoms with E-state index in [1.165, 1.54) is 0 Å². The molecule has 0 fully saturated rings. The van der Waals surface area contributed by atoms with Crippen molar-refractivity contribution in [3.05, 3.63) is 29.8 Å². The first-order valence-corrected chi connectivity index (χ1v) is 7.60. The molecular formula is C13H19Cl3N2O3. The fraction of sp³-hybridized carbons (Fsp3) is 0.462. The summed E-state index contributed by atoms with van der Waals surface area (Å²) in [5.41, 5.74) is 7.42. The summed E-state index contributed by atoms with van der Waals surface area (Å²) in [6.45, 7) is 1.45. The maximum absolute atomic E-state index is 10.7. The van der Waals surface area contributed by atoms with Crippen molar-refractivity contribution in [1.29, 1.82) is 0 Å². The van der Waals surface area contributed by atoms with Crippen molar-refractivity contribution < 1.29 is 14.6 Å². The molecule has 0 aliphatic carbocycles. The third kappa shape index (κ3) is 7.74. The molecule has 0 aliphatic rings. The van der Waals surface area contributed by atoms with Crippen LogP contribution >= 0.6 is 35.1 Å². The zero-order chi connectivity index (χ0) is 16.3. The molecule has 5 nitrogen and oxygen atoms in total. The molecule has 0 aliphatic heterocycles. The zero-order valence-electron chi connectivity index (χ0n) is 11.4. The van der Waals surface area contributed by atoms with Gasteiger partial charge in [-0.3, -0.25) is 9.45 Å². The average molecular weight is 358 g/mol. The molecule has 1 unspecified atom stereocenters. The first-order chi connectivity index (χ1) is 10.1. The molecule has 0 saturated carbocycles. The lowest BCUT2D eigenvalue weighted by molar-refractivity contribution is -0.138. The molecule has 4 N–H and O–H groups in total. The van der Waals surface area contributed by atoms with Crippen LogP contribution in [0.3, 0.4) is 0 Å². The van der Waals surface area contributed by atoms with E-state index in [0.717, 1.165) is 24.3 Å². The molecule has 1 atom stereocenters. The van der Waals surface area contributed by atoms with Gasteiger partial charge in [-0.1, -0.05) is 12.1 Å². The van der Waals surface area contributed by atoms with Crippen molar-refractivity contribution >= 4 is 46.7 Å². The predicted molar refractivity (Wildman–Crippen MR) is 87.5 cm³/mol. The number of halogens is 3. The number of carbonyl (C=O) groups is 1. The number of hydrogen-bond acceptors (Lipinski definition) is 4. The molecule has 0 heterocycles. The summed E-state index contributed by atoms with van der Waals surface area (Å²) < 4.78 is 6.47. The minimum absolute atomic E-state index is 0.320. The Labute approximate surface area is 139 Å². The second-order valence-corrected chi connectivity index (χ2v) is 4.94. The lowest BCUT2D eigenvalue weighted by Gasteiger charge is -2.23. The third-order valence-electron chi connectivity index (χ3n) is 2.78. The zero-order valence-corrected chi connectivity index (χ0v) is 13.7. The van der Waals surface area contributed by atoms with Crippen LogP contribution in [0.2, 0.25) is 0 Å². The van der Waals surface area contributed by atoms with Crippen LogP contribution in [0.25, 0.3) is 0 Å². The van der Waals surface area contributed by atoms with E-state index in [1.807, 2.05) is 24.3 Å². The molecule has 1 aromatic carbocycles. The Hall–Kier alpha value is -0.720. The van der Waals surface area contributed by atoms with Gasteiger partial charge in [0.15, 0.2) is 0 Å². The van der Waals surface area contributed by atoms with Crippen LogP contribution in [0, 0.1) is 0 Å². The summed E-state index contributed by atoms with van der Waals surface area (Å²) in [7, 11) is 0. The number of nitrogens with two attached hydrogens (primary N) is 1. The topological polar surface area (TPSA) is 86.8 Å². The number of anilines is 1. The summed E-state index contributed by atoms with van der Waals surface area (Å²) >= 11 is 15.1. The van der Waals surface area contributed by atoms with Gasteiger partial charge in [0.05, 0.1) is 11.9 Å². The Balaban J connectivity index is 0.00000191. The summed E-state index contributed by atoms with van der Waals surface area (Å²) in [6, 6.07) is 6.76. The Morgan fingerprint density at radius 2 is 1.62 bits per heavy atom. The smallest absolute Gasteiger partial charge is 0.320 e. The Kier molecular flexibility index (Phi) is 11.5. The highest BCUT2D eigenvalue weighted by molar-refractivity contribution is 6.18. The van der Waals surface area contributed by atoms with Gasteiger partial charge in [0.25, 0.3) is 0 Å². The van der Waals surface area contributed by atoms with E-state index in [1.54, 1.807) is 0 Å². The molecule has 0 radical (unpaired) electrons. The molecule has 21 heavy (non-hydrogen) atoms. The van der Waals surface area contributed by atoms with E-state index in [4.69, 9.17) is 38.7 Å². The lowest BCUT2D eigenvalue weighted by atomic mass is 10.1. The second kappa shape index (κ2) is 11.9. The van der Waals surface area contributed by atoms with Gasteiger partial charge in [0.1, 0.15) is 6.04 Å². The van der Waals surface area contributed by atoms with E-state index in [0.29, 0.717) is 18.2 Å². The number of nitrogens with zero attached hydrogens (tertiary/aromatic N) is 1. The number of carboxylic acid groups (broad SMARTS) is 1. The van der Waals surface area contributed by atoms with Gasteiger partial charge in [-0.05, 0) is 24.1 Å². The predicted octanol–water partition coefficient (Wildman–Crippen LogP) is 2.06. The first kappa shape index (κ1) is 20.3. The van der Waals surface area contributed by atoms with Gasteiger partial charge >= 0.3 is 5.97 Å². The van der Waals surface area contributed by atoms with Crippen LogP contribution in [-0.4, -0.2) is 46.6 Å². The number of carboxylic acids is 1. The molecule has 120 valence electrons. The molecule has 0 spiro atoms. The fourth-order valence-corrected chi connectivity index (χ4v) is 2.17. The van der Waals surface area contributed by atoms with E-state index in [9.17, 15) is 4.79 Å². The number of rotatable bonds is 8. The minimum Gasteiger partial charge on any atom is -0.480 e. The van der Waals surface area contributed by atoms with Crippen molar-refractivity contribution in [2.45, 2.75) is 12.5 Å². The Morgan fingerprint density at radius 3 is 2.00 bits per heavy atom. The van der Waals surface area contributed by atoms with Crippen LogP contribution in [0.1, 0.15) is 5.56 Å².